The van der Waals surface area contributed by atoms with Gasteiger partial charge in [-0.3, -0.25) is 14.8 Å². The van der Waals surface area contributed by atoms with Gasteiger partial charge in [-0.25, -0.2) is 4.99 Å². The van der Waals surface area contributed by atoms with Crippen LogP contribution in [0.15, 0.2) is 53.1 Å². The lowest BCUT2D eigenvalue weighted by molar-refractivity contribution is -0.137. The van der Waals surface area contributed by atoms with E-state index in [0.717, 1.165) is 12.1 Å². The first-order valence-corrected chi connectivity index (χ1v) is 8.56. The second-order valence-corrected chi connectivity index (χ2v) is 6.76. The Hall–Kier alpha value is -2.88. The van der Waals surface area contributed by atoms with Gasteiger partial charge in [0.05, 0.1) is 11.3 Å². The molecule has 3 rings (SSSR count). The van der Waals surface area contributed by atoms with Gasteiger partial charge in [0.1, 0.15) is 11.2 Å². The van der Waals surface area contributed by atoms with Crippen molar-refractivity contribution in [1.82, 2.24) is 9.97 Å². The normalized spacial score (nSPS) is 19.5. The highest BCUT2D eigenvalue weighted by molar-refractivity contribution is 8.16. The van der Waals surface area contributed by atoms with Crippen LogP contribution in [0.2, 0.25) is 0 Å². The Morgan fingerprint density at radius 1 is 1.26 bits per heavy atom. The summed E-state index contributed by atoms with van der Waals surface area (Å²) in [6.45, 7) is 1.82. The van der Waals surface area contributed by atoms with Gasteiger partial charge < -0.3 is 11.1 Å². The van der Waals surface area contributed by atoms with Crippen LogP contribution in [-0.4, -0.2) is 21.0 Å². The Morgan fingerprint density at radius 3 is 2.67 bits per heavy atom. The summed E-state index contributed by atoms with van der Waals surface area (Å²) < 4.78 is 37.7. The summed E-state index contributed by atoms with van der Waals surface area (Å²) in [4.78, 5) is 24.5. The number of nitrogens with one attached hydrogen (secondary N) is 1. The average Bonchev–Trinajstić information content (AvgIpc) is 2.61. The van der Waals surface area contributed by atoms with Gasteiger partial charge in [0.2, 0.25) is 0 Å². The molecule has 140 valence electrons. The van der Waals surface area contributed by atoms with Crippen molar-refractivity contribution in [1.29, 1.82) is 0 Å². The molecule has 3 N–H and O–H groups in total. The highest BCUT2D eigenvalue weighted by Crippen LogP contribution is 2.32. The van der Waals surface area contributed by atoms with Gasteiger partial charge in [-0.15, -0.1) is 0 Å². The van der Waals surface area contributed by atoms with E-state index in [0.29, 0.717) is 22.7 Å². The first-order chi connectivity index (χ1) is 12.7. The average molecular weight is 393 g/mol. The van der Waals surface area contributed by atoms with Crippen molar-refractivity contribution in [2.24, 2.45) is 10.7 Å². The zero-order chi connectivity index (χ0) is 19.7. The lowest BCUT2D eigenvalue weighted by atomic mass is 9.98. The van der Waals surface area contributed by atoms with Crippen LogP contribution in [0.4, 0.5) is 18.9 Å². The number of nitrogens with two attached hydrogens (primary N) is 1. The second kappa shape index (κ2) is 7.03. The highest BCUT2D eigenvalue weighted by Gasteiger charge is 2.31. The second-order valence-electron chi connectivity index (χ2n) is 5.83. The molecule has 0 spiro atoms. The molecule has 0 saturated heterocycles. The van der Waals surface area contributed by atoms with Gasteiger partial charge >= 0.3 is 6.18 Å². The van der Waals surface area contributed by atoms with Gasteiger partial charge in [0, 0.05) is 18.1 Å². The predicted octanol–water partition coefficient (Wildman–Crippen LogP) is 3.54. The minimum Gasteiger partial charge on any atom is -0.378 e. The molecule has 0 aromatic carbocycles. The van der Waals surface area contributed by atoms with Crippen LogP contribution in [-0.2, 0) is 11.7 Å². The van der Waals surface area contributed by atoms with Crippen LogP contribution in [0.3, 0.4) is 0 Å². The number of aromatic nitrogens is 2. The third kappa shape index (κ3) is 4.27. The number of halogens is 3. The van der Waals surface area contributed by atoms with E-state index in [1.54, 1.807) is 17.5 Å². The maximum Gasteiger partial charge on any atom is 0.417 e. The molecule has 0 bridgehead atoms. The third-order valence-corrected chi connectivity index (χ3v) is 4.39. The van der Waals surface area contributed by atoms with Crippen LogP contribution in [0.1, 0.15) is 28.7 Å². The molecule has 0 aliphatic carbocycles. The standard InChI is InChI=1S/C17H14F3N5OS/c1-16(5-7-27-15(21)25-16)13-8-11(4-6-22-13)24-14(26)12-3-2-10(9-23-12)17(18,19)20/h2-9H,1H3,(H2,21,25)(H,22,24,26)/t16-/m0/s1. The van der Waals surface area contributed by atoms with Crippen LogP contribution in [0.5, 0.6) is 0 Å². The number of nitrogens with zero attached hydrogens (tertiary/aromatic N) is 3. The van der Waals surface area contributed by atoms with Crippen LogP contribution >= 0.6 is 11.8 Å². The number of amidine groups is 1. The number of carbonyl (C=O) groups excluding carboxylic acids is 1. The minimum absolute atomic E-state index is 0.135. The van der Waals surface area contributed by atoms with Gasteiger partial charge in [-0.05, 0) is 42.7 Å². The Bertz CT molecular complexity index is 927. The van der Waals surface area contributed by atoms with Crippen LogP contribution in [0.25, 0.3) is 0 Å². The third-order valence-electron chi connectivity index (χ3n) is 3.78. The molecule has 6 nitrogen and oxygen atoms in total. The summed E-state index contributed by atoms with van der Waals surface area (Å²) >= 11 is 1.29. The summed E-state index contributed by atoms with van der Waals surface area (Å²) in [6.07, 6.45) is -0.557. The first-order valence-electron chi connectivity index (χ1n) is 7.68. The van der Waals surface area contributed by atoms with E-state index in [-0.39, 0.29) is 5.69 Å². The molecule has 2 aromatic heterocycles. The van der Waals surface area contributed by atoms with Crippen molar-refractivity contribution in [2.75, 3.05) is 5.32 Å². The van der Waals surface area contributed by atoms with Crippen molar-refractivity contribution in [3.8, 4) is 0 Å². The number of thioether (sulfide) groups is 1. The van der Waals surface area contributed by atoms with Crippen LogP contribution in [0, 0.1) is 0 Å². The number of aliphatic imine (C=N–C) groups is 1. The quantitative estimate of drug-likeness (QED) is 0.832. The molecule has 1 amide bonds. The maximum absolute atomic E-state index is 12.6. The lowest BCUT2D eigenvalue weighted by Crippen LogP contribution is -2.25. The zero-order valence-electron chi connectivity index (χ0n) is 14.0. The van der Waals surface area contributed by atoms with E-state index in [9.17, 15) is 18.0 Å². The first kappa shape index (κ1) is 18.9. The van der Waals surface area contributed by atoms with Crippen molar-refractivity contribution in [3.05, 3.63) is 65.1 Å². The van der Waals surface area contributed by atoms with Crippen LogP contribution < -0.4 is 11.1 Å². The molecule has 2 aromatic rings. The number of hydrogen-bond acceptors (Lipinski definition) is 6. The van der Waals surface area contributed by atoms with E-state index in [4.69, 9.17) is 5.73 Å². The minimum atomic E-state index is -4.51. The Morgan fingerprint density at radius 2 is 2.04 bits per heavy atom. The van der Waals surface area contributed by atoms with Crippen molar-refractivity contribution < 1.29 is 18.0 Å². The highest BCUT2D eigenvalue weighted by atomic mass is 32.2. The maximum atomic E-state index is 12.6. The fraction of sp³-hybridized carbons (Fsp3) is 0.176. The molecule has 0 fully saturated rings. The lowest BCUT2D eigenvalue weighted by Gasteiger charge is -2.24. The molecule has 3 heterocycles. The topological polar surface area (TPSA) is 93.3 Å². The molecule has 0 radical (unpaired) electrons. The van der Waals surface area contributed by atoms with E-state index in [1.807, 2.05) is 13.0 Å². The zero-order valence-corrected chi connectivity index (χ0v) is 14.8. The Kier molecular flexibility index (Phi) is 4.92. The SMILES string of the molecule is C[C@@]1(c2cc(NC(=O)c3ccc(C(F)(F)F)cn3)ccn2)C=CSC(N)=N1. The Balaban J connectivity index is 1.79. The molecule has 0 unspecified atom stereocenters. The smallest absolute Gasteiger partial charge is 0.378 e. The molecule has 1 atom stereocenters. The molecule has 1 aliphatic heterocycles. The number of hydrogen-bond donors (Lipinski definition) is 2. The molecule has 27 heavy (non-hydrogen) atoms. The monoisotopic (exact) mass is 393 g/mol. The summed E-state index contributed by atoms with van der Waals surface area (Å²) in [7, 11) is 0. The van der Waals surface area contributed by atoms with Crippen molar-refractivity contribution in [2.45, 2.75) is 18.6 Å². The number of pyridine rings is 2. The van der Waals surface area contributed by atoms with Gasteiger partial charge in [0.25, 0.3) is 5.91 Å². The van der Waals surface area contributed by atoms with Crippen molar-refractivity contribution >= 4 is 28.5 Å². The van der Waals surface area contributed by atoms with E-state index in [2.05, 4.69) is 20.3 Å². The van der Waals surface area contributed by atoms with E-state index >= 15 is 0 Å². The molecule has 0 saturated carbocycles. The predicted molar refractivity (Wildman–Crippen MR) is 97.1 cm³/mol. The largest absolute Gasteiger partial charge is 0.417 e. The number of alkyl halides is 3. The van der Waals surface area contributed by atoms with Crippen molar-refractivity contribution in [3.63, 3.8) is 0 Å². The summed E-state index contributed by atoms with van der Waals surface area (Å²) in [5.41, 5.74) is 4.90. The molecule has 10 heteroatoms. The summed E-state index contributed by atoms with van der Waals surface area (Å²) in [5, 5.41) is 4.79. The number of carbonyl (C=O) groups is 1. The Labute approximate surface area is 156 Å². The number of amides is 1. The number of rotatable bonds is 3. The van der Waals surface area contributed by atoms with E-state index in [1.165, 1.54) is 18.0 Å². The fourth-order valence-electron chi connectivity index (χ4n) is 2.35. The summed E-state index contributed by atoms with van der Waals surface area (Å²) in [6, 6.07) is 5.01. The summed E-state index contributed by atoms with van der Waals surface area (Å²) in [5.74, 6) is -0.635. The molecular weight excluding hydrogens is 379 g/mol. The molecular formula is C17H14F3N5OS. The molecule has 1 aliphatic rings. The number of anilines is 1. The van der Waals surface area contributed by atoms with E-state index < -0.39 is 23.2 Å². The van der Waals surface area contributed by atoms with Gasteiger partial charge in [-0.1, -0.05) is 11.8 Å². The fourth-order valence-corrected chi connectivity index (χ4v) is 3.06. The van der Waals surface area contributed by atoms with Gasteiger partial charge in [-0.2, -0.15) is 13.2 Å². The van der Waals surface area contributed by atoms with Gasteiger partial charge in [0.15, 0.2) is 5.17 Å².